The van der Waals surface area contributed by atoms with Gasteiger partial charge in [0.05, 0.1) is 5.02 Å². The Balaban J connectivity index is 1.68. The largest absolute Gasteiger partial charge is 0.345 e. The van der Waals surface area contributed by atoms with Gasteiger partial charge in [0, 0.05) is 24.7 Å². The number of halogens is 1. The average Bonchev–Trinajstić information content (AvgIpc) is 3.26. The van der Waals surface area contributed by atoms with Crippen molar-refractivity contribution >= 4 is 39.3 Å². The van der Waals surface area contributed by atoms with Crippen LogP contribution in [0.3, 0.4) is 0 Å². The summed E-state index contributed by atoms with van der Waals surface area (Å²) >= 11 is 6.03. The molecule has 1 saturated carbocycles. The van der Waals surface area contributed by atoms with E-state index in [0.29, 0.717) is 13.1 Å². The van der Waals surface area contributed by atoms with Gasteiger partial charge in [0.25, 0.3) is 5.91 Å². The van der Waals surface area contributed by atoms with E-state index in [1.165, 1.54) is 16.4 Å². The van der Waals surface area contributed by atoms with E-state index in [2.05, 4.69) is 10.7 Å². The highest BCUT2D eigenvalue weighted by atomic mass is 35.5. The summed E-state index contributed by atoms with van der Waals surface area (Å²) in [5.41, 5.74) is 4.07. The first kappa shape index (κ1) is 19.6. The van der Waals surface area contributed by atoms with E-state index in [-0.39, 0.29) is 21.5 Å². The van der Waals surface area contributed by atoms with Gasteiger partial charge in [-0.3, -0.25) is 25.2 Å². The molecule has 2 aliphatic rings. The zero-order valence-electron chi connectivity index (χ0n) is 14.3. The fourth-order valence-corrected chi connectivity index (χ4v) is 4.65. The second-order valence-corrected chi connectivity index (χ2v) is 8.73. The van der Waals surface area contributed by atoms with Gasteiger partial charge in [0.1, 0.15) is 4.90 Å². The van der Waals surface area contributed by atoms with E-state index < -0.39 is 27.7 Å². The van der Waals surface area contributed by atoms with Crippen molar-refractivity contribution in [2.24, 2.45) is 0 Å². The van der Waals surface area contributed by atoms with Crippen LogP contribution in [0.25, 0.3) is 0 Å². The maximum Gasteiger partial charge on any atom is 0.327 e. The topological polar surface area (TPSA) is 125 Å². The second-order valence-electron chi connectivity index (χ2n) is 6.41. The zero-order chi connectivity index (χ0) is 19.6. The summed E-state index contributed by atoms with van der Waals surface area (Å²) in [6.07, 6.45) is 3.19. The fourth-order valence-electron chi connectivity index (χ4n) is 2.63. The van der Waals surface area contributed by atoms with E-state index in [1.54, 1.807) is 0 Å². The van der Waals surface area contributed by atoms with Crippen LogP contribution >= 0.6 is 11.6 Å². The molecule has 1 saturated heterocycles. The van der Waals surface area contributed by atoms with Crippen LogP contribution in [0.2, 0.25) is 5.02 Å². The van der Waals surface area contributed by atoms with Crippen molar-refractivity contribution in [2.45, 2.75) is 36.6 Å². The molecule has 1 aromatic carbocycles. The predicted octanol–water partition coefficient (Wildman–Crippen LogP) is 0.164. The summed E-state index contributed by atoms with van der Waals surface area (Å²) in [6.45, 7) is 0.808. The Labute approximate surface area is 161 Å². The number of nitrogens with zero attached hydrogens (tertiary/aromatic N) is 1. The first-order chi connectivity index (χ1) is 12.8. The minimum Gasteiger partial charge on any atom is -0.345 e. The van der Waals surface area contributed by atoms with Crippen LogP contribution in [0, 0.1) is 0 Å². The first-order valence-corrected chi connectivity index (χ1v) is 10.3. The van der Waals surface area contributed by atoms with Gasteiger partial charge in [-0.25, -0.2) is 8.42 Å². The summed E-state index contributed by atoms with van der Waals surface area (Å²) in [4.78, 5) is 35.2. The molecule has 2 fully saturated rings. The normalized spacial score (nSPS) is 17.4. The molecule has 1 aliphatic heterocycles. The highest BCUT2D eigenvalue weighted by molar-refractivity contribution is 7.89. The van der Waals surface area contributed by atoms with Gasteiger partial charge in [0.15, 0.2) is 0 Å². The molecule has 11 heteroatoms. The Bertz CT molecular complexity index is 879. The minimum absolute atomic E-state index is 0.00583. The van der Waals surface area contributed by atoms with Crippen molar-refractivity contribution in [3.05, 3.63) is 28.8 Å². The Kier molecular flexibility index (Phi) is 5.68. The summed E-state index contributed by atoms with van der Waals surface area (Å²) in [7, 11) is -3.81. The zero-order valence-corrected chi connectivity index (χ0v) is 15.9. The number of hydrogen-bond acceptors (Lipinski definition) is 5. The lowest BCUT2D eigenvalue weighted by molar-refractivity contribution is -0.139. The van der Waals surface area contributed by atoms with Crippen LogP contribution < -0.4 is 16.2 Å². The van der Waals surface area contributed by atoms with Crippen molar-refractivity contribution in [3.8, 4) is 0 Å². The number of nitrogens with one attached hydrogen (secondary N) is 3. The van der Waals surface area contributed by atoms with Gasteiger partial charge in [-0.05, 0) is 43.9 Å². The van der Waals surface area contributed by atoms with Crippen molar-refractivity contribution in [1.29, 1.82) is 0 Å². The Morgan fingerprint density at radius 1 is 1.04 bits per heavy atom. The molecule has 1 aliphatic carbocycles. The quantitative estimate of drug-likeness (QED) is 0.478. The number of carbonyl (C=O) groups excluding carboxylic acids is 3. The molecule has 0 atom stereocenters. The number of sulfonamides is 1. The van der Waals surface area contributed by atoms with E-state index >= 15 is 0 Å². The van der Waals surface area contributed by atoms with Crippen LogP contribution in [-0.4, -0.2) is 49.6 Å². The third-order valence-electron chi connectivity index (χ3n) is 4.28. The molecule has 27 heavy (non-hydrogen) atoms. The van der Waals surface area contributed by atoms with Crippen molar-refractivity contribution < 1.29 is 22.8 Å². The van der Waals surface area contributed by atoms with Gasteiger partial charge in [-0.15, -0.1) is 0 Å². The van der Waals surface area contributed by atoms with Crippen LogP contribution in [0.5, 0.6) is 0 Å². The molecule has 3 amide bonds. The summed E-state index contributed by atoms with van der Waals surface area (Å²) in [5.74, 6) is -2.61. The molecule has 0 unspecified atom stereocenters. The van der Waals surface area contributed by atoms with Gasteiger partial charge in [-0.1, -0.05) is 11.6 Å². The third kappa shape index (κ3) is 4.57. The molecule has 1 heterocycles. The van der Waals surface area contributed by atoms with Gasteiger partial charge in [-0.2, -0.15) is 4.31 Å². The van der Waals surface area contributed by atoms with Crippen molar-refractivity contribution in [3.63, 3.8) is 0 Å². The third-order valence-corrected chi connectivity index (χ3v) is 6.66. The van der Waals surface area contributed by atoms with Crippen LogP contribution in [0.15, 0.2) is 23.1 Å². The monoisotopic (exact) mass is 414 g/mol. The number of amides is 3. The van der Waals surface area contributed by atoms with Gasteiger partial charge < -0.3 is 5.32 Å². The number of benzene rings is 1. The molecule has 146 valence electrons. The highest BCUT2D eigenvalue weighted by Crippen LogP contribution is 2.28. The van der Waals surface area contributed by atoms with E-state index in [0.717, 1.165) is 31.7 Å². The highest BCUT2D eigenvalue weighted by Gasteiger charge is 2.30. The van der Waals surface area contributed by atoms with Gasteiger partial charge >= 0.3 is 11.8 Å². The molecule has 0 radical (unpaired) electrons. The number of hydrogen-bond donors (Lipinski definition) is 3. The predicted molar refractivity (Wildman–Crippen MR) is 96.2 cm³/mol. The smallest absolute Gasteiger partial charge is 0.327 e. The van der Waals surface area contributed by atoms with E-state index in [1.807, 2.05) is 5.43 Å². The second kappa shape index (κ2) is 7.83. The minimum atomic E-state index is -3.81. The summed E-state index contributed by atoms with van der Waals surface area (Å²) in [5, 5.41) is 2.49. The maximum atomic E-state index is 12.7. The van der Waals surface area contributed by atoms with Crippen molar-refractivity contribution in [2.75, 3.05) is 13.1 Å². The SMILES string of the molecule is O=C(NNC(=O)c1ccc(Cl)c(S(=O)(=O)N2CCCC2)c1)C(=O)NC1CC1. The maximum absolute atomic E-state index is 12.7. The van der Waals surface area contributed by atoms with Gasteiger partial charge in [0.2, 0.25) is 10.0 Å². The molecular weight excluding hydrogens is 396 g/mol. The lowest BCUT2D eigenvalue weighted by atomic mass is 10.2. The molecule has 3 N–H and O–H groups in total. The van der Waals surface area contributed by atoms with Crippen LogP contribution in [-0.2, 0) is 19.6 Å². The number of rotatable bonds is 4. The molecule has 0 bridgehead atoms. The lowest BCUT2D eigenvalue weighted by Crippen LogP contribution is -2.49. The Morgan fingerprint density at radius 3 is 2.33 bits per heavy atom. The molecule has 1 aromatic rings. The van der Waals surface area contributed by atoms with E-state index in [9.17, 15) is 22.8 Å². The Morgan fingerprint density at radius 2 is 1.70 bits per heavy atom. The first-order valence-electron chi connectivity index (χ1n) is 8.50. The van der Waals surface area contributed by atoms with Crippen LogP contribution in [0.4, 0.5) is 0 Å². The van der Waals surface area contributed by atoms with Crippen molar-refractivity contribution in [1.82, 2.24) is 20.5 Å². The molecule has 9 nitrogen and oxygen atoms in total. The van der Waals surface area contributed by atoms with E-state index in [4.69, 9.17) is 11.6 Å². The molecule has 0 spiro atoms. The molecule has 0 aromatic heterocycles. The lowest BCUT2D eigenvalue weighted by Gasteiger charge is -2.17. The molecular formula is C16H19ClN4O5S. The summed E-state index contributed by atoms with van der Waals surface area (Å²) in [6, 6.07) is 3.80. The standard InChI is InChI=1S/C16H19ClN4O5S/c17-12-6-3-10(9-13(12)27(25,26)21-7-1-2-8-21)14(22)19-20-16(24)15(23)18-11-4-5-11/h3,6,9,11H,1-2,4-5,7-8H2,(H,18,23)(H,19,22)(H,20,24). The summed E-state index contributed by atoms with van der Waals surface area (Å²) < 4.78 is 26.7. The number of hydrazine groups is 1. The average molecular weight is 415 g/mol. The molecule has 3 rings (SSSR count). The fraction of sp³-hybridized carbons (Fsp3) is 0.438. The van der Waals surface area contributed by atoms with Crippen LogP contribution in [0.1, 0.15) is 36.0 Å². The number of carbonyl (C=O) groups is 3. The Hall–Kier alpha value is -2.17.